The van der Waals surface area contributed by atoms with Crippen molar-refractivity contribution >= 4 is 11.6 Å². The van der Waals surface area contributed by atoms with Crippen LogP contribution in [0.15, 0.2) is 12.4 Å². The van der Waals surface area contributed by atoms with Gasteiger partial charge in [0.25, 0.3) is 0 Å². The molecule has 4 saturated carbocycles. The van der Waals surface area contributed by atoms with Crippen LogP contribution in [-0.4, -0.2) is 27.2 Å². The monoisotopic (exact) mass is 332 g/mol. The smallest absolute Gasteiger partial charge is 0.306 e. The molecule has 0 aromatic carbocycles. The van der Waals surface area contributed by atoms with Gasteiger partial charge in [-0.05, 0) is 61.7 Å². The Labute approximate surface area is 140 Å². The summed E-state index contributed by atoms with van der Waals surface area (Å²) in [5.41, 5.74) is 0.304. The van der Waals surface area contributed by atoms with Crippen LogP contribution < -0.4 is 5.32 Å². The summed E-state index contributed by atoms with van der Waals surface area (Å²) in [4.78, 5) is 22.3. The minimum Gasteiger partial charge on any atom is -0.355 e. The van der Waals surface area contributed by atoms with Gasteiger partial charge >= 0.3 is 5.69 Å². The number of aromatic nitrogens is 2. The standard InChI is InChI=1S/C17H24N4O3/c22-16(1-2-20-10-15(9-19-20)21(23)24)18-11-17-6-12-3-13(7-17)5-14(4-12)8-17/h9-10,12-14H,1-8,11H2,(H,18,22). The van der Waals surface area contributed by atoms with Crippen molar-refractivity contribution in [3.05, 3.63) is 22.5 Å². The van der Waals surface area contributed by atoms with Crippen LogP contribution in [0.25, 0.3) is 0 Å². The highest BCUT2D eigenvalue weighted by Gasteiger charge is 2.50. The first-order valence-electron chi connectivity index (χ1n) is 8.95. The zero-order valence-electron chi connectivity index (χ0n) is 13.8. The molecule has 0 radical (unpaired) electrons. The minimum absolute atomic E-state index is 0.0175. The van der Waals surface area contributed by atoms with Gasteiger partial charge in [-0.2, -0.15) is 5.10 Å². The van der Waals surface area contributed by atoms with Crippen LogP contribution in [-0.2, 0) is 11.3 Å². The molecular formula is C17H24N4O3. The quantitative estimate of drug-likeness (QED) is 0.640. The highest BCUT2D eigenvalue weighted by molar-refractivity contribution is 5.75. The van der Waals surface area contributed by atoms with E-state index in [1.165, 1.54) is 55.6 Å². The van der Waals surface area contributed by atoms with Gasteiger partial charge in [0.05, 0.1) is 4.92 Å². The molecule has 7 heteroatoms. The van der Waals surface area contributed by atoms with Gasteiger partial charge < -0.3 is 5.32 Å². The Balaban J connectivity index is 1.27. The van der Waals surface area contributed by atoms with Crippen molar-refractivity contribution in [1.82, 2.24) is 15.1 Å². The van der Waals surface area contributed by atoms with Crippen LogP contribution in [0.1, 0.15) is 44.9 Å². The van der Waals surface area contributed by atoms with Gasteiger partial charge in [-0.1, -0.05) is 0 Å². The summed E-state index contributed by atoms with van der Waals surface area (Å²) >= 11 is 0. The van der Waals surface area contributed by atoms with E-state index in [-0.39, 0.29) is 11.6 Å². The van der Waals surface area contributed by atoms with Gasteiger partial charge in [0.1, 0.15) is 12.4 Å². The lowest BCUT2D eigenvalue weighted by atomic mass is 9.49. The molecule has 0 unspecified atom stereocenters. The summed E-state index contributed by atoms with van der Waals surface area (Å²) in [6.07, 6.45) is 11.0. The number of nitrogens with zero attached hydrogens (tertiary/aromatic N) is 3. The van der Waals surface area contributed by atoms with E-state index >= 15 is 0 Å². The second-order valence-corrected chi connectivity index (χ2v) is 8.16. The summed E-state index contributed by atoms with van der Waals surface area (Å²) in [6.45, 7) is 1.18. The molecule has 24 heavy (non-hydrogen) atoms. The molecule has 1 aromatic rings. The Morgan fingerprint density at radius 3 is 2.46 bits per heavy atom. The first-order valence-corrected chi connectivity index (χ1v) is 8.95. The van der Waals surface area contributed by atoms with E-state index < -0.39 is 4.92 Å². The SMILES string of the molecule is O=C(CCn1cc([N+](=O)[O-])cn1)NCC12CC3CC(CC(C3)C1)C2. The number of nitrogens with one attached hydrogen (secondary N) is 1. The van der Waals surface area contributed by atoms with E-state index in [1.807, 2.05) is 0 Å². The number of carbonyl (C=O) groups is 1. The summed E-state index contributed by atoms with van der Waals surface area (Å²) in [7, 11) is 0. The zero-order chi connectivity index (χ0) is 16.7. The molecule has 1 N–H and O–H groups in total. The maximum atomic E-state index is 12.2. The predicted octanol–water partition coefficient (Wildman–Crippen LogP) is 2.51. The highest BCUT2D eigenvalue weighted by atomic mass is 16.6. The summed E-state index contributed by atoms with van der Waals surface area (Å²) in [5, 5.41) is 17.7. The summed E-state index contributed by atoms with van der Waals surface area (Å²) in [6, 6.07) is 0. The van der Waals surface area contributed by atoms with Gasteiger partial charge in [0.2, 0.25) is 5.91 Å². The number of aryl methyl sites for hydroxylation is 1. The molecule has 7 nitrogen and oxygen atoms in total. The Morgan fingerprint density at radius 2 is 1.92 bits per heavy atom. The van der Waals surface area contributed by atoms with Gasteiger partial charge in [0.15, 0.2) is 0 Å². The molecule has 130 valence electrons. The van der Waals surface area contributed by atoms with Crippen molar-refractivity contribution in [2.45, 2.75) is 51.5 Å². The average Bonchev–Trinajstić information content (AvgIpc) is 2.99. The van der Waals surface area contributed by atoms with E-state index in [2.05, 4.69) is 10.4 Å². The molecule has 0 aliphatic heterocycles. The third-order valence-electron chi connectivity index (χ3n) is 6.22. The third-order valence-corrected chi connectivity index (χ3v) is 6.22. The maximum Gasteiger partial charge on any atom is 0.306 e. The van der Waals surface area contributed by atoms with Crippen LogP contribution >= 0.6 is 0 Å². The van der Waals surface area contributed by atoms with Gasteiger partial charge in [-0.25, -0.2) is 0 Å². The molecule has 1 amide bonds. The van der Waals surface area contributed by atoms with Crippen molar-refractivity contribution in [1.29, 1.82) is 0 Å². The fourth-order valence-electron chi connectivity index (χ4n) is 5.67. The number of rotatable bonds is 6. The predicted molar refractivity (Wildman–Crippen MR) is 87.1 cm³/mol. The van der Waals surface area contributed by atoms with Crippen LogP contribution in [0.5, 0.6) is 0 Å². The van der Waals surface area contributed by atoms with E-state index in [1.54, 1.807) is 0 Å². The molecule has 4 fully saturated rings. The van der Waals surface area contributed by atoms with Gasteiger partial charge in [-0.15, -0.1) is 0 Å². The molecule has 4 aliphatic rings. The Hall–Kier alpha value is -1.92. The number of carbonyl (C=O) groups excluding carboxylic acids is 1. The molecule has 1 aromatic heterocycles. The lowest BCUT2D eigenvalue weighted by Gasteiger charge is -2.56. The summed E-state index contributed by atoms with van der Waals surface area (Å²) < 4.78 is 1.46. The highest BCUT2D eigenvalue weighted by Crippen LogP contribution is 2.59. The lowest BCUT2D eigenvalue weighted by molar-refractivity contribution is -0.385. The normalized spacial score (nSPS) is 33.6. The van der Waals surface area contributed by atoms with E-state index in [0.29, 0.717) is 18.4 Å². The first-order chi connectivity index (χ1) is 11.5. The molecule has 1 heterocycles. The fourth-order valence-corrected chi connectivity index (χ4v) is 5.67. The fraction of sp³-hybridized carbons (Fsp3) is 0.765. The topological polar surface area (TPSA) is 90.1 Å². The molecule has 0 atom stereocenters. The van der Waals surface area contributed by atoms with Crippen molar-refractivity contribution in [3.8, 4) is 0 Å². The molecular weight excluding hydrogens is 308 g/mol. The second-order valence-electron chi connectivity index (χ2n) is 8.16. The first kappa shape index (κ1) is 15.6. The largest absolute Gasteiger partial charge is 0.355 e. The number of nitro groups is 1. The lowest BCUT2D eigenvalue weighted by Crippen LogP contribution is -2.51. The van der Waals surface area contributed by atoms with Gasteiger partial charge in [0, 0.05) is 19.5 Å². The van der Waals surface area contributed by atoms with Crippen molar-refractivity contribution in [2.24, 2.45) is 23.2 Å². The van der Waals surface area contributed by atoms with Crippen LogP contribution in [0, 0.1) is 33.3 Å². The Kier molecular flexibility index (Phi) is 3.81. The van der Waals surface area contributed by atoms with Crippen molar-refractivity contribution < 1.29 is 9.72 Å². The Bertz CT molecular complexity index is 619. The Morgan fingerprint density at radius 1 is 1.29 bits per heavy atom. The minimum atomic E-state index is -0.476. The van der Waals surface area contributed by atoms with E-state index in [9.17, 15) is 14.9 Å². The maximum absolute atomic E-state index is 12.2. The van der Waals surface area contributed by atoms with Crippen molar-refractivity contribution in [3.63, 3.8) is 0 Å². The number of hydrogen-bond acceptors (Lipinski definition) is 4. The molecule has 0 saturated heterocycles. The van der Waals surface area contributed by atoms with Crippen LogP contribution in [0.2, 0.25) is 0 Å². The third kappa shape index (κ3) is 3.03. The van der Waals surface area contributed by atoms with Gasteiger partial charge in [-0.3, -0.25) is 19.6 Å². The van der Waals surface area contributed by atoms with Crippen molar-refractivity contribution in [2.75, 3.05) is 6.54 Å². The van der Waals surface area contributed by atoms with Crippen LogP contribution in [0.3, 0.4) is 0 Å². The van der Waals surface area contributed by atoms with Crippen LogP contribution in [0.4, 0.5) is 5.69 Å². The number of amides is 1. The molecule has 5 rings (SSSR count). The average molecular weight is 332 g/mol. The zero-order valence-corrected chi connectivity index (χ0v) is 13.8. The van der Waals surface area contributed by atoms with E-state index in [0.717, 1.165) is 24.3 Å². The van der Waals surface area contributed by atoms with E-state index in [4.69, 9.17) is 0 Å². The second kappa shape index (κ2) is 5.86. The molecule has 4 aliphatic carbocycles. The number of hydrogen-bond donors (Lipinski definition) is 1. The molecule has 0 spiro atoms. The molecule has 4 bridgehead atoms. The summed E-state index contributed by atoms with van der Waals surface area (Å²) in [5.74, 6) is 2.68.